The molecule has 0 aliphatic carbocycles. The predicted octanol–water partition coefficient (Wildman–Crippen LogP) is -1.82. The molecule has 0 unspecified atom stereocenters. The molecule has 0 radical (unpaired) electrons. The Morgan fingerprint density at radius 1 is 1.33 bits per heavy atom. The smallest absolute Gasteiger partial charge is 0.137 e. The van der Waals surface area contributed by atoms with Gasteiger partial charge in [0.05, 0.1) is 6.20 Å². The van der Waals surface area contributed by atoms with E-state index >= 15 is 0 Å². The quantitative estimate of drug-likeness (QED) is 0.451. The maximum atomic E-state index is 5.41. The zero-order chi connectivity index (χ0) is 5.98. The van der Waals surface area contributed by atoms with Crippen molar-refractivity contribution < 1.29 is 51.4 Å². The van der Waals surface area contributed by atoms with Gasteiger partial charge in [-0.05, 0) is 5.21 Å². The SMILES string of the molecule is Clc1cnnnc1Cl.[K+]. The Balaban J connectivity index is 0.000000640. The van der Waals surface area contributed by atoms with Gasteiger partial charge in [0.2, 0.25) is 0 Å². The summed E-state index contributed by atoms with van der Waals surface area (Å²) in [6.45, 7) is 0. The molecule has 9 heavy (non-hydrogen) atoms. The molecule has 0 aromatic carbocycles. The fraction of sp³-hybridized carbons (Fsp3) is 0. The first kappa shape index (κ1) is 10.2. The zero-order valence-corrected chi connectivity index (χ0v) is 9.31. The molecule has 42 valence electrons. The van der Waals surface area contributed by atoms with Crippen LogP contribution in [0.3, 0.4) is 0 Å². The van der Waals surface area contributed by atoms with Gasteiger partial charge in [-0.1, -0.05) is 23.2 Å². The molecule has 0 atom stereocenters. The summed E-state index contributed by atoms with van der Waals surface area (Å²) in [4.78, 5) is 0. The summed E-state index contributed by atoms with van der Waals surface area (Å²) in [6.07, 6.45) is 1.33. The third-order valence-corrected chi connectivity index (χ3v) is 1.20. The van der Waals surface area contributed by atoms with Crippen LogP contribution in [-0.2, 0) is 0 Å². The number of rotatable bonds is 0. The van der Waals surface area contributed by atoms with Gasteiger partial charge < -0.3 is 0 Å². The van der Waals surface area contributed by atoms with Gasteiger partial charge >= 0.3 is 51.4 Å². The second kappa shape index (κ2) is 4.95. The Morgan fingerprint density at radius 3 is 2.33 bits per heavy atom. The second-order valence-corrected chi connectivity index (χ2v) is 1.84. The average molecular weight is 189 g/mol. The number of nitrogens with zero attached hydrogens (tertiary/aromatic N) is 3. The third kappa shape index (κ3) is 3.22. The Morgan fingerprint density at radius 2 is 2.00 bits per heavy atom. The molecule has 0 spiro atoms. The Hall–Kier alpha value is 1.23. The van der Waals surface area contributed by atoms with Crippen molar-refractivity contribution in [3.8, 4) is 0 Å². The van der Waals surface area contributed by atoms with E-state index in [1.165, 1.54) is 6.20 Å². The van der Waals surface area contributed by atoms with Crippen molar-refractivity contribution in [1.82, 2.24) is 15.4 Å². The van der Waals surface area contributed by atoms with Crippen molar-refractivity contribution in [2.45, 2.75) is 0 Å². The topological polar surface area (TPSA) is 38.7 Å². The van der Waals surface area contributed by atoms with Gasteiger partial charge in [0, 0.05) is 0 Å². The van der Waals surface area contributed by atoms with Gasteiger partial charge in [-0.15, -0.1) is 10.2 Å². The van der Waals surface area contributed by atoms with Gasteiger partial charge in [-0.2, -0.15) is 0 Å². The summed E-state index contributed by atoms with van der Waals surface area (Å²) in [5.74, 6) is 0. The molecule has 0 saturated heterocycles. The van der Waals surface area contributed by atoms with Gasteiger partial charge in [0.25, 0.3) is 0 Å². The molecule has 1 aromatic rings. The Kier molecular flexibility index (Phi) is 5.63. The van der Waals surface area contributed by atoms with Gasteiger partial charge in [0.15, 0.2) is 5.15 Å². The van der Waals surface area contributed by atoms with Crippen LogP contribution >= 0.6 is 23.2 Å². The number of aromatic nitrogens is 3. The standard InChI is InChI=1S/C3HCl2N3.K/c4-2-1-6-8-7-3(2)5;/h1H;/q;+1. The number of halogens is 2. The van der Waals surface area contributed by atoms with E-state index in [2.05, 4.69) is 15.4 Å². The van der Waals surface area contributed by atoms with Crippen LogP contribution in [0.4, 0.5) is 0 Å². The molecule has 1 aromatic heterocycles. The maximum absolute atomic E-state index is 5.41. The van der Waals surface area contributed by atoms with Crippen LogP contribution in [0.5, 0.6) is 0 Å². The predicted molar refractivity (Wildman–Crippen MR) is 29.8 cm³/mol. The second-order valence-electron chi connectivity index (χ2n) is 1.07. The van der Waals surface area contributed by atoms with Crippen LogP contribution in [0.1, 0.15) is 0 Å². The summed E-state index contributed by atoms with van der Waals surface area (Å²) in [7, 11) is 0. The molecular formula is C3HCl2KN3+. The first-order valence-corrected chi connectivity index (χ1v) is 2.55. The number of hydrogen-bond acceptors (Lipinski definition) is 3. The Bertz CT molecular complexity index is 173. The van der Waals surface area contributed by atoms with Crippen LogP contribution in [-0.4, -0.2) is 15.4 Å². The van der Waals surface area contributed by atoms with Crippen LogP contribution in [0.2, 0.25) is 10.2 Å². The van der Waals surface area contributed by atoms with Crippen molar-refractivity contribution in [2.24, 2.45) is 0 Å². The van der Waals surface area contributed by atoms with Crippen molar-refractivity contribution in [1.29, 1.82) is 0 Å². The van der Waals surface area contributed by atoms with E-state index in [9.17, 15) is 0 Å². The average Bonchev–Trinajstić information content (AvgIpc) is 1.77. The fourth-order valence-corrected chi connectivity index (χ4v) is 0.407. The van der Waals surface area contributed by atoms with E-state index in [0.717, 1.165) is 0 Å². The molecule has 0 fully saturated rings. The van der Waals surface area contributed by atoms with Crippen molar-refractivity contribution in [3.63, 3.8) is 0 Å². The molecule has 1 heterocycles. The molecule has 1 rings (SSSR count). The summed E-state index contributed by atoms with van der Waals surface area (Å²) < 4.78 is 0. The molecule has 0 bridgehead atoms. The Labute approximate surface area is 105 Å². The first-order chi connectivity index (χ1) is 3.80. The van der Waals surface area contributed by atoms with E-state index in [-0.39, 0.29) is 56.5 Å². The maximum Gasteiger partial charge on any atom is 1.00 e. The largest absolute Gasteiger partial charge is 1.00 e. The first-order valence-electron chi connectivity index (χ1n) is 1.80. The summed E-state index contributed by atoms with van der Waals surface area (Å²) in [5, 5.41) is 10.5. The minimum Gasteiger partial charge on any atom is -0.137 e. The van der Waals surface area contributed by atoms with Crippen LogP contribution in [0.15, 0.2) is 6.20 Å². The zero-order valence-electron chi connectivity index (χ0n) is 4.67. The minimum absolute atomic E-state index is 0. The van der Waals surface area contributed by atoms with E-state index in [1.807, 2.05) is 0 Å². The van der Waals surface area contributed by atoms with Gasteiger partial charge in [-0.25, -0.2) is 0 Å². The summed E-state index contributed by atoms with van der Waals surface area (Å²) in [6, 6.07) is 0. The van der Waals surface area contributed by atoms with Gasteiger partial charge in [0.1, 0.15) is 5.02 Å². The van der Waals surface area contributed by atoms with Crippen molar-refractivity contribution >= 4 is 23.2 Å². The van der Waals surface area contributed by atoms with Crippen LogP contribution < -0.4 is 51.4 Å². The molecule has 0 amide bonds. The van der Waals surface area contributed by atoms with E-state index < -0.39 is 0 Å². The summed E-state index contributed by atoms with van der Waals surface area (Å²) in [5.41, 5.74) is 0. The van der Waals surface area contributed by atoms with Gasteiger partial charge in [-0.3, -0.25) is 0 Å². The molecule has 0 N–H and O–H groups in total. The molecule has 6 heteroatoms. The van der Waals surface area contributed by atoms with Crippen LogP contribution in [0, 0.1) is 0 Å². The van der Waals surface area contributed by atoms with Crippen molar-refractivity contribution in [2.75, 3.05) is 0 Å². The summed E-state index contributed by atoms with van der Waals surface area (Å²) >= 11 is 10.8. The van der Waals surface area contributed by atoms with E-state index in [0.29, 0.717) is 5.02 Å². The molecule has 0 aliphatic rings. The molecule has 0 saturated carbocycles. The molecule has 3 nitrogen and oxygen atoms in total. The minimum atomic E-state index is 0. The van der Waals surface area contributed by atoms with E-state index in [4.69, 9.17) is 23.2 Å². The van der Waals surface area contributed by atoms with Crippen molar-refractivity contribution in [3.05, 3.63) is 16.4 Å². The van der Waals surface area contributed by atoms with Crippen LogP contribution in [0.25, 0.3) is 0 Å². The fourth-order valence-electron chi connectivity index (χ4n) is 0.243. The molecule has 0 aliphatic heterocycles. The normalized spacial score (nSPS) is 8.22. The third-order valence-electron chi connectivity index (χ3n) is 0.552. The van der Waals surface area contributed by atoms with E-state index in [1.54, 1.807) is 0 Å². The molecular weight excluding hydrogens is 188 g/mol. The number of hydrogen-bond donors (Lipinski definition) is 0. The monoisotopic (exact) mass is 188 g/mol.